The van der Waals surface area contributed by atoms with E-state index in [1.54, 1.807) is 18.3 Å². The zero-order chi connectivity index (χ0) is 13.7. The second-order valence-corrected chi connectivity index (χ2v) is 4.11. The van der Waals surface area contributed by atoms with Crippen LogP contribution in [0, 0.1) is 6.92 Å². The van der Waals surface area contributed by atoms with Crippen LogP contribution in [0.2, 0.25) is 0 Å². The van der Waals surface area contributed by atoms with Crippen molar-refractivity contribution in [3.05, 3.63) is 65.2 Å². The Kier molecular flexibility index (Phi) is 3.93. The minimum Gasteiger partial charge on any atom is -0.508 e. The van der Waals surface area contributed by atoms with Crippen molar-refractivity contribution >= 4 is 12.1 Å². The number of aryl methyl sites for hydroxylation is 1. The van der Waals surface area contributed by atoms with Gasteiger partial charge in [-0.2, -0.15) is 5.10 Å². The quantitative estimate of drug-likeness (QED) is 0.653. The molecule has 0 aliphatic rings. The third kappa shape index (κ3) is 3.42. The Morgan fingerprint density at radius 3 is 2.74 bits per heavy atom. The molecule has 0 aliphatic heterocycles. The molecule has 0 unspecified atom stereocenters. The second kappa shape index (κ2) is 5.82. The molecule has 0 radical (unpaired) electrons. The third-order valence-corrected chi connectivity index (χ3v) is 2.67. The van der Waals surface area contributed by atoms with Crippen LogP contribution in [0.25, 0.3) is 0 Å². The number of phenolic OH excluding ortho intramolecular Hbond substituents is 1. The fourth-order valence-corrected chi connectivity index (χ4v) is 1.60. The average molecular weight is 254 g/mol. The highest BCUT2D eigenvalue weighted by Gasteiger charge is 2.04. The molecule has 1 amide bonds. The van der Waals surface area contributed by atoms with Crippen molar-refractivity contribution in [2.24, 2.45) is 5.10 Å². The zero-order valence-corrected chi connectivity index (χ0v) is 10.5. The molecule has 0 spiro atoms. The van der Waals surface area contributed by atoms with Crippen molar-refractivity contribution < 1.29 is 9.90 Å². The molecule has 0 heterocycles. The van der Waals surface area contributed by atoms with Gasteiger partial charge in [-0.05, 0) is 36.2 Å². The Bertz CT molecular complexity index is 621. The highest BCUT2D eigenvalue weighted by molar-refractivity contribution is 5.95. The molecular formula is C15H14N2O2. The van der Waals surface area contributed by atoms with Gasteiger partial charge in [-0.1, -0.05) is 30.3 Å². The first kappa shape index (κ1) is 12.8. The van der Waals surface area contributed by atoms with E-state index in [0.717, 1.165) is 11.1 Å². The summed E-state index contributed by atoms with van der Waals surface area (Å²) < 4.78 is 0. The molecule has 0 saturated carbocycles. The number of carbonyl (C=O) groups is 1. The molecule has 19 heavy (non-hydrogen) atoms. The average Bonchev–Trinajstić information content (AvgIpc) is 2.41. The normalized spacial score (nSPS) is 10.6. The molecule has 96 valence electrons. The van der Waals surface area contributed by atoms with Gasteiger partial charge in [0.2, 0.25) is 0 Å². The molecule has 0 aliphatic carbocycles. The number of rotatable bonds is 3. The first-order valence-electron chi connectivity index (χ1n) is 5.85. The van der Waals surface area contributed by atoms with Crippen molar-refractivity contribution in [2.45, 2.75) is 6.92 Å². The highest BCUT2D eigenvalue weighted by atomic mass is 16.3. The lowest BCUT2D eigenvalue weighted by molar-refractivity contribution is 0.0954. The fourth-order valence-electron chi connectivity index (χ4n) is 1.60. The smallest absolute Gasteiger partial charge is 0.271 e. The van der Waals surface area contributed by atoms with Gasteiger partial charge in [0, 0.05) is 5.56 Å². The van der Waals surface area contributed by atoms with Crippen molar-refractivity contribution in [3.8, 4) is 5.75 Å². The van der Waals surface area contributed by atoms with Gasteiger partial charge in [-0.3, -0.25) is 4.79 Å². The fraction of sp³-hybridized carbons (Fsp3) is 0.0667. The number of hydrogen-bond acceptors (Lipinski definition) is 3. The van der Waals surface area contributed by atoms with E-state index in [9.17, 15) is 9.90 Å². The molecule has 2 rings (SSSR count). The van der Waals surface area contributed by atoms with Crippen LogP contribution in [-0.2, 0) is 0 Å². The third-order valence-electron chi connectivity index (χ3n) is 2.67. The van der Waals surface area contributed by atoms with Crippen LogP contribution >= 0.6 is 0 Å². The Labute approximate surface area is 111 Å². The molecule has 0 aromatic heterocycles. The molecular weight excluding hydrogens is 240 g/mol. The molecule has 0 fully saturated rings. The number of carbonyl (C=O) groups excluding carboxylic acids is 1. The maximum atomic E-state index is 11.7. The van der Waals surface area contributed by atoms with Crippen molar-refractivity contribution in [1.29, 1.82) is 0 Å². The lowest BCUT2D eigenvalue weighted by atomic mass is 10.1. The number of phenols is 1. The van der Waals surface area contributed by atoms with Gasteiger partial charge >= 0.3 is 0 Å². The van der Waals surface area contributed by atoms with Gasteiger partial charge in [0.05, 0.1) is 6.21 Å². The summed E-state index contributed by atoms with van der Waals surface area (Å²) in [5, 5.41) is 13.2. The van der Waals surface area contributed by atoms with E-state index >= 15 is 0 Å². The molecule has 0 saturated heterocycles. The summed E-state index contributed by atoms with van der Waals surface area (Å²) in [6.45, 7) is 1.97. The van der Waals surface area contributed by atoms with Crippen LogP contribution in [0.4, 0.5) is 0 Å². The van der Waals surface area contributed by atoms with Crippen LogP contribution in [0.5, 0.6) is 5.75 Å². The topological polar surface area (TPSA) is 61.7 Å². The maximum absolute atomic E-state index is 11.7. The summed E-state index contributed by atoms with van der Waals surface area (Å²) in [4.78, 5) is 11.7. The van der Waals surface area contributed by atoms with Crippen LogP contribution in [0.3, 0.4) is 0 Å². The highest BCUT2D eigenvalue weighted by Crippen LogP contribution is 2.10. The predicted molar refractivity (Wildman–Crippen MR) is 74.3 cm³/mol. The SMILES string of the molecule is Cc1ccccc1/C=N\NC(=O)c1cccc(O)c1. The first-order valence-corrected chi connectivity index (χ1v) is 5.85. The van der Waals surface area contributed by atoms with Crippen molar-refractivity contribution in [2.75, 3.05) is 0 Å². The summed E-state index contributed by atoms with van der Waals surface area (Å²) in [6.07, 6.45) is 1.59. The van der Waals surface area contributed by atoms with Gasteiger partial charge in [0.15, 0.2) is 0 Å². The number of benzene rings is 2. The number of nitrogens with zero attached hydrogens (tertiary/aromatic N) is 1. The van der Waals surface area contributed by atoms with E-state index in [2.05, 4.69) is 10.5 Å². The summed E-state index contributed by atoms with van der Waals surface area (Å²) in [7, 11) is 0. The predicted octanol–water partition coefficient (Wildman–Crippen LogP) is 2.46. The number of amides is 1. The lowest BCUT2D eigenvalue weighted by Crippen LogP contribution is -2.17. The van der Waals surface area contributed by atoms with Gasteiger partial charge in [-0.25, -0.2) is 5.43 Å². The van der Waals surface area contributed by atoms with E-state index in [0.29, 0.717) is 5.56 Å². The monoisotopic (exact) mass is 254 g/mol. The van der Waals surface area contributed by atoms with E-state index in [1.165, 1.54) is 12.1 Å². The van der Waals surface area contributed by atoms with E-state index < -0.39 is 0 Å². The minimum absolute atomic E-state index is 0.0514. The Balaban J connectivity index is 2.03. The molecule has 0 bridgehead atoms. The standard InChI is InChI=1S/C15H14N2O2/c1-11-5-2-3-6-13(11)10-16-17-15(19)12-7-4-8-14(18)9-12/h2-10,18H,1H3,(H,17,19)/b16-10-. The maximum Gasteiger partial charge on any atom is 0.271 e. The molecule has 4 heteroatoms. The summed E-state index contributed by atoms with van der Waals surface area (Å²) >= 11 is 0. The van der Waals surface area contributed by atoms with Crippen molar-refractivity contribution in [3.63, 3.8) is 0 Å². The van der Waals surface area contributed by atoms with Crippen molar-refractivity contribution in [1.82, 2.24) is 5.43 Å². The number of hydrazone groups is 1. The zero-order valence-electron chi connectivity index (χ0n) is 10.5. The van der Waals surface area contributed by atoms with Gasteiger partial charge < -0.3 is 5.11 Å². The Hall–Kier alpha value is -2.62. The summed E-state index contributed by atoms with van der Waals surface area (Å²) in [5.41, 5.74) is 4.81. The largest absolute Gasteiger partial charge is 0.508 e. The lowest BCUT2D eigenvalue weighted by Gasteiger charge is -2.01. The molecule has 2 N–H and O–H groups in total. The Morgan fingerprint density at radius 2 is 2.00 bits per heavy atom. The minimum atomic E-state index is -0.360. The molecule has 2 aromatic rings. The molecule has 2 aromatic carbocycles. The van der Waals surface area contributed by atoms with Gasteiger partial charge in [0.1, 0.15) is 5.75 Å². The van der Waals surface area contributed by atoms with E-state index in [-0.39, 0.29) is 11.7 Å². The van der Waals surface area contributed by atoms with Crippen LogP contribution in [0.15, 0.2) is 53.6 Å². The summed E-state index contributed by atoms with van der Waals surface area (Å²) in [5.74, 6) is -0.309. The van der Waals surface area contributed by atoms with Crippen LogP contribution < -0.4 is 5.43 Å². The summed E-state index contributed by atoms with van der Waals surface area (Å²) in [6, 6.07) is 13.8. The number of nitrogens with one attached hydrogen (secondary N) is 1. The Morgan fingerprint density at radius 1 is 1.21 bits per heavy atom. The van der Waals surface area contributed by atoms with E-state index in [4.69, 9.17) is 0 Å². The molecule has 4 nitrogen and oxygen atoms in total. The van der Waals surface area contributed by atoms with Gasteiger partial charge in [-0.15, -0.1) is 0 Å². The van der Waals surface area contributed by atoms with E-state index in [1.807, 2.05) is 31.2 Å². The van der Waals surface area contributed by atoms with Gasteiger partial charge in [0.25, 0.3) is 5.91 Å². The van der Waals surface area contributed by atoms with Crippen LogP contribution in [-0.4, -0.2) is 17.2 Å². The second-order valence-electron chi connectivity index (χ2n) is 4.11. The molecule has 0 atom stereocenters. The number of hydrogen-bond donors (Lipinski definition) is 2. The number of aromatic hydroxyl groups is 1. The first-order chi connectivity index (χ1) is 9.16. The van der Waals surface area contributed by atoms with Crippen LogP contribution in [0.1, 0.15) is 21.5 Å².